The van der Waals surface area contributed by atoms with E-state index in [-0.39, 0.29) is 0 Å². The zero-order valence-corrected chi connectivity index (χ0v) is 11.2. The monoisotopic (exact) mass is 208 g/mol. The van der Waals surface area contributed by atoms with E-state index in [1.165, 1.54) is 12.8 Å². The predicted octanol–water partition coefficient (Wildman–Crippen LogP) is 4.60. The molecular weight excluding hydrogens is 180 g/mol. The van der Waals surface area contributed by atoms with Crippen LogP contribution in [0, 0.1) is 41.4 Å². The maximum absolute atomic E-state index is 2.52. The Kier molecular flexibility index (Phi) is 3.14. The van der Waals surface area contributed by atoms with Gasteiger partial charge in [0.2, 0.25) is 0 Å². The van der Waals surface area contributed by atoms with Crippen molar-refractivity contribution in [3.63, 3.8) is 0 Å². The molecule has 3 rings (SSSR count). The van der Waals surface area contributed by atoms with Crippen LogP contribution in [0.2, 0.25) is 0 Å². The zero-order chi connectivity index (χ0) is 11.2. The molecule has 7 unspecified atom stereocenters. The van der Waals surface area contributed by atoms with E-state index in [1.807, 2.05) is 0 Å². The van der Waals surface area contributed by atoms with Gasteiger partial charge in [-0.2, -0.15) is 0 Å². The van der Waals surface area contributed by atoms with Crippen LogP contribution < -0.4 is 0 Å². The van der Waals surface area contributed by atoms with Crippen molar-refractivity contribution in [1.82, 2.24) is 0 Å². The van der Waals surface area contributed by atoms with Crippen molar-refractivity contribution in [3.05, 3.63) is 0 Å². The maximum Gasteiger partial charge on any atom is -0.0329 e. The lowest BCUT2D eigenvalue weighted by molar-refractivity contribution is 0.135. The van der Waals surface area contributed by atoms with Gasteiger partial charge in [-0.15, -0.1) is 0 Å². The van der Waals surface area contributed by atoms with Gasteiger partial charge >= 0.3 is 0 Å². The van der Waals surface area contributed by atoms with Crippen LogP contribution in [-0.2, 0) is 0 Å². The summed E-state index contributed by atoms with van der Waals surface area (Å²) in [4.78, 5) is 0. The van der Waals surface area contributed by atoms with Gasteiger partial charge in [0.05, 0.1) is 0 Å². The van der Waals surface area contributed by atoms with Crippen LogP contribution >= 0.6 is 0 Å². The first-order valence-electron chi connectivity index (χ1n) is 7.06. The number of hydrogen-bond donors (Lipinski definition) is 0. The van der Waals surface area contributed by atoms with Crippen LogP contribution in [0.5, 0.6) is 0 Å². The van der Waals surface area contributed by atoms with Gasteiger partial charge in [-0.1, -0.05) is 41.0 Å². The molecule has 88 valence electrons. The molecule has 0 aromatic heterocycles. The van der Waals surface area contributed by atoms with Crippen molar-refractivity contribution in [1.29, 1.82) is 0 Å². The Morgan fingerprint density at radius 3 is 2.13 bits per heavy atom. The molecule has 0 N–H and O–H groups in total. The van der Waals surface area contributed by atoms with Crippen LogP contribution in [0.3, 0.4) is 0 Å². The Balaban J connectivity index is 1.94. The second kappa shape index (κ2) is 4.11. The summed E-state index contributed by atoms with van der Waals surface area (Å²) in [6, 6.07) is 0. The third-order valence-corrected chi connectivity index (χ3v) is 5.80. The van der Waals surface area contributed by atoms with Crippen LogP contribution in [-0.4, -0.2) is 0 Å². The average molecular weight is 208 g/mol. The minimum Gasteiger partial charge on any atom is -0.0651 e. The Hall–Kier alpha value is 0. The smallest absolute Gasteiger partial charge is 0.0329 e. The highest BCUT2D eigenvalue weighted by molar-refractivity contribution is 5.04. The molecule has 3 saturated carbocycles. The van der Waals surface area contributed by atoms with Crippen LogP contribution in [0.25, 0.3) is 0 Å². The molecule has 3 aliphatic carbocycles. The maximum atomic E-state index is 2.52. The molecule has 0 heterocycles. The van der Waals surface area contributed by atoms with Gasteiger partial charge in [-0.05, 0) is 54.3 Å². The first-order valence-corrected chi connectivity index (χ1v) is 7.06. The van der Waals surface area contributed by atoms with Gasteiger partial charge in [-0.25, -0.2) is 0 Å². The highest BCUT2D eigenvalue weighted by atomic mass is 14.6. The van der Waals surface area contributed by atoms with Gasteiger partial charge in [0.15, 0.2) is 0 Å². The number of fused-ring (bicyclic) bond motifs is 1. The fourth-order valence-electron chi connectivity index (χ4n) is 4.64. The fraction of sp³-hybridized carbons (Fsp3) is 1.00. The van der Waals surface area contributed by atoms with Crippen molar-refractivity contribution in [2.45, 2.75) is 53.9 Å². The summed E-state index contributed by atoms with van der Waals surface area (Å²) in [6.07, 6.45) is 4.37. The second-order valence-corrected chi connectivity index (χ2v) is 6.59. The normalized spacial score (nSPS) is 47.4. The lowest BCUT2D eigenvalue weighted by atomic mass is 9.70. The molecule has 0 nitrogen and oxygen atoms in total. The molecule has 3 fully saturated rings. The molecule has 0 spiro atoms. The van der Waals surface area contributed by atoms with Crippen LogP contribution in [0.15, 0.2) is 0 Å². The SMILES string of the molecule is CCC(C)CC(C)C1C(C)C2CC1C2C. The van der Waals surface area contributed by atoms with E-state index in [0.717, 1.165) is 41.4 Å². The molecule has 0 aliphatic heterocycles. The third-order valence-electron chi connectivity index (χ3n) is 5.80. The standard InChI is InChI=1S/C15H28/c1-6-9(2)7-10(3)15-12(5)13-8-14(15)11(13)4/h9-15H,6-8H2,1-5H3. The molecular formula is C15H28. The quantitative estimate of drug-likeness (QED) is 0.633. The lowest BCUT2D eigenvalue weighted by Crippen LogP contribution is -2.28. The summed E-state index contributed by atoms with van der Waals surface area (Å²) in [6.45, 7) is 12.3. The molecule has 0 amide bonds. The molecule has 0 radical (unpaired) electrons. The van der Waals surface area contributed by atoms with E-state index in [0.29, 0.717) is 0 Å². The fourth-order valence-corrected chi connectivity index (χ4v) is 4.64. The van der Waals surface area contributed by atoms with Gasteiger partial charge in [0, 0.05) is 0 Å². The van der Waals surface area contributed by atoms with E-state index < -0.39 is 0 Å². The Labute approximate surface area is 95.8 Å². The average Bonchev–Trinajstić information content (AvgIpc) is 2.66. The minimum absolute atomic E-state index is 0.931. The van der Waals surface area contributed by atoms with Crippen molar-refractivity contribution in [3.8, 4) is 0 Å². The summed E-state index contributed by atoms with van der Waals surface area (Å²) in [5, 5.41) is 0. The number of rotatable bonds is 4. The summed E-state index contributed by atoms with van der Waals surface area (Å²) in [5.41, 5.74) is 0. The second-order valence-electron chi connectivity index (χ2n) is 6.59. The summed E-state index contributed by atoms with van der Waals surface area (Å²) in [5.74, 6) is 7.19. The van der Waals surface area contributed by atoms with Crippen LogP contribution in [0.4, 0.5) is 0 Å². The molecule has 0 aromatic rings. The molecule has 15 heavy (non-hydrogen) atoms. The molecule has 0 aromatic carbocycles. The predicted molar refractivity (Wildman–Crippen MR) is 66.7 cm³/mol. The largest absolute Gasteiger partial charge is 0.0651 e. The molecule has 0 heteroatoms. The zero-order valence-electron chi connectivity index (χ0n) is 11.2. The first-order chi connectivity index (χ1) is 7.06. The first kappa shape index (κ1) is 11.5. The molecule has 7 atom stereocenters. The van der Waals surface area contributed by atoms with Crippen molar-refractivity contribution >= 4 is 0 Å². The Morgan fingerprint density at radius 1 is 1.07 bits per heavy atom. The summed E-state index contributed by atoms with van der Waals surface area (Å²) in [7, 11) is 0. The van der Waals surface area contributed by atoms with E-state index >= 15 is 0 Å². The molecule has 2 bridgehead atoms. The van der Waals surface area contributed by atoms with Crippen molar-refractivity contribution in [2.24, 2.45) is 41.4 Å². The van der Waals surface area contributed by atoms with E-state index in [2.05, 4.69) is 34.6 Å². The van der Waals surface area contributed by atoms with Gasteiger partial charge in [-0.3, -0.25) is 0 Å². The topological polar surface area (TPSA) is 0 Å². The highest BCUT2D eigenvalue weighted by Crippen LogP contribution is 2.62. The number of hydrogen-bond acceptors (Lipinski definition) is 0. The van der Waals surface area contributed by atoms with Crippen molar-refractivity contribution in [2.75, 3.05) is 0 Å². The Morgan fingerprint density at radius 2 is 1.73 bits per heavy atom. The van der Waals surface area contributed by atoms with E-state index in [1.54, 1.807) is 6.42 Å². The van der Waals surface area contributed by atoms with Gasteiger partial charge in [0.25, 0.3) is 0 Å². The van der Waals surface area contributed by atoms with Crippen LogP contribution in [0.1, 0.15) is 53.9 Å². The van der Waals surface area contributed by atoms with E-state index in [9.17, 15) is 0 Å². The summed E-state index contributed by atoms with van der Waals surface area (Å²) >= 11 is 0. The van der Waals surface area contributed by atoms with E-state index in [4.69, 9.17) is 0 Å². The summed E-state index contributed by atoms with van der Waals surface area (Å²) < 4.78 is 0. The molecule has 3 aliphatic rings. The van der Waals surface area contributed by atoms with Gasteiger partial charge in [0.1, 0.15) is 0 Å². The van der Waals surface area contributed by atoms with Gasteiger partial charge < -0.3 is 0 Å². The highest BCUT2D eigenvalue weighted by Gasteiger charge is 2.56. The lowest BCUT2D eigenvalue weighted by Gasteiger charge is -2.35. The Bertz CT molecular complexity index is 218. The third kappa shape index (κ3) is 1.74. The molecule has 0 saturated heterocycles. The van der Waals surface area contributed by atoms with Crippen molar-refractivity contribution < 1.29 is 0 Å². The minimum atomic E-state index is 0.931.